The van der Waals surface area contributed by atoms with Gasteiger partial charge in [-0.3, -0.25) is 10.1 Å². The highest BCUT2D eigenvalue weighted by Crippen LogP contribution is 2.41. The molecule has 2 unspecified atom stereocenters. The molecule has 3 amide bonds. The van der Waals surface area contributed by atoms with Crippen LogP contribution in [0.15, 0.2) is 72.9 Å². The summed E-state index contributed by atoms with van der Waals surface area (Å²) in [5.41, 5.74) is 4.82. The van der Waals surface area contributed by atoms with Gasteiger partial charge in [0.2, 0.25) is 5.88 Å². The zero-order valence-electron chi connectivity index (χ0n) is 28.1. The number of rotatable bonds is 8. The van der Waals surface area contributed by atoms with E-state index in [0.29, 0.717) is 23.0 Å². The number of nitrogens with zero attached hydrogens (tertiary/aromatic N) is 4. The van der Waals surface area contributed by atoms with Crippen molar-refractivity contribution >= 4 is 23.4 Å². The predicted octanol–water partition coefficient (Wildman–Crippen LogP) is 8.08. The summed E-state index contributed by atoms with van der Waals surface area (Å²) in [6, 6.07) is 20.3. The highest BCUT2D eigenvalue weighted by molar-refractivity contribution is 5.99. The molecule has 2 saturated heterocycles. The number of nitrogens with one attached hydrogen (secondary N) is 2. The van der Waals surface area contributed by atoms with Gasteiger partial charge < -0.3 is 15.0 Å². The number of aryl methyl sites for hydroxylation is 1. The van der Waals surface area contributed by atoms with Crippen LogP contribution in [0, 0.1) is 12.8 Å². The van der Waals surface area contributed by atoms with Crippen molar-refractivity contribution in [2.45, 2.75) is 83.5 Å². The number of alkyl halides is 3. The van der Waals surface area contributed by atoms with E-state index in [-0.39, 0.29) is 35.3 Å². The number of urea groups is 1. The zero-order valence-corrected chi connectivity index (χ0v) is 28.1. The molecule has 258 valence electrons. The first kappa shape index (κ1) is 34.0. The van der Waals surface area contributed by atoms with Crippen molar-refractivity contribution in [3.63, 3.8) is 0 Å². The molecule has 0 radical (unpaired) electrons. The van der Waals surface area contributed by atoms with Crippen molar-refractivity contribution < 1.29 is 27.5 Å². The number of fused-ring (bicyclic) bond motifs is 2. The number of pyridine rings is 1. The van der Waals surface area contributed by atoms with Gasteiger partial charge in [-0.15, -0.1) is 0 Å². The minimum Gasteiger partial charge on any atom is -0.468 e. The van der Waals surface area contributed by atoms with Crippen LogP contribution in [0.3, 0.4) is 0 Å². The summed E-state index contributed by atoms with van der Waals surface area (Å²) in [6.07, 6.45) is 1.28. The van der Waals surface area contributed by atoms with E-state index in [1.807, 2.05) is 66.4 Å². The molecule has 2 atom stereocenters. The van der Waals surface area contributed by atoms with Crippen LogP contribution >= 0.6 is 0 Å². The van der Waals surface area contributed by atoms with E-state index in [1.165, 1.54) is 18.3 Å². The van der Waals surface area contributed by atoms with Crippen LogP contribution in [0.1, 0.15) is 73.6 Å². The largest absolute Gasteiger partial charge is 0.468 e. The van der Waals surface area contributed by atoms with Crippen molar-refractivity contribution in [3.05, 3.63) is 95.3 Å². The molecule has 2 N–H and O–H groups in total. The minimum atomic E-state index is -4.46. The second kappa shape index (κ2) is 13.6. The van der Waals surface area contributed by atoms with E-state index in [4.69, 9.17) is 5.10 Å². The van der Waals surface area contributed by atoms with Crippen molar-refractivity contribution in [2.75, 3.05) is 17.2 Å². The van der Waals surface area contributed by atoms with Crippen LogP contribution in [-0.2, 0) is 11.8 Å². The molecule has 2 aliphatic heterocycles. The average molecular weight is 675 g/mol. The Kier molecular flexibility index (Phi) is 9.41. The number of hydrogen-bond donors (Lipinski definition) is 2. The van der Waals surface area contributed by atoms with Crippen LogP contribution in [0.2, 0.25) is 0 Å². The molecular weight excluding hydrogens is 633 g/mol. The molecule has 6 rings (SSSR count). The smallest absolute Gasteiger partial charge is 0.422 e. The third-order valence-electron chi connectivity index (χ3n) is 9.17. The van der Waals surface area contributed by atoms with Crippen molar-refractivity contribution in [1.82, 2.24) is 19.7 Å². The number of carbonyl (C=O) groups excluding carboxylic acids is 2. The van der Waals surface area contributed by atoms with Gasteiger partial charge in [0.25, 0.3) is 5.91 Å². The van der Waals surface area contributed by atoms with Gasteiger partial charge in [0, 0.05) is 41.5 Å². The lowest BCUT2D eigenvalue weighted by atomic mass is 9.85. The van der Waals surface area contributed by atoms with Crippen molar-refractivity contribution in [3.8, 4) is 11.6 Å². The van der Waals surface area contributed by atoms with E-state index in [1.54, 1.807) is 4.68 Å². The van der Waals surface area contributed by atoms with E-state index in [9.17, 15) is 22.8 Å². The maximum absolute atomic E-state index is 13.4. The Morgan fingerprint density at radius 3 is 2.18 bits per heavy atom. The summed E-state index contributed by atoms with van der Waals surface area (Å²) in [7, 11) is 0. The fourth-order valence-corrected chi connectivity index (χ4v) is 6.74. The van der Waals surface area contributed by atoms with Crippen molar-refractivity contribution in [2.24, 2.45) is 5.92 Å². The Balaban J connectivity index is 1.03. The summed E-state index contributed by atoms with van der Waals surface area (Å²) in [6.45, 7) is 6.84. The number of halogens is 3. The van der Waals surface area contributed by atoms with Gasteiger partial charge in [0.15, 0.2) is 6.61 Å². The second-order valence-corrected chi connectivity index (χ2v) is 14.1. The first-order chi connectivity index (χ1) is 23.2. The monoisotopic (exact) mass is 674 g/mol. The van der Waals surface area contributed by atoms with Gasteiger partial charge in [-0.05, 0) is 80.8 Å². The van der Waals surface area contributed by atoms with E-state index >= 15 is 0 Å². The highest BCUT2D eigenvalue weighted by atomic mass is 19.4. The lowest BCUT2D eigenvalue weighted by molar-refractivity contribution is -0.154. The third kappa shape index (κ3) is 8.23. The van der Waals surface area contributed by atoms with Crippen LogP contribution < -0.4 is 15.4 Å². The summed E-state index contributed by atoms with van der Waals surface area (Å²) >= 11 is 0. The number of anilines is 2. The van der Waals surface area contributed by atoms with Gasteiger partial charge in [0.05, 0.1) is 16.9 Å². The van der Waals surface area contributed by atoms with Crippen LogP contribution in [0.4, 0.5) is 29.5 Å². The quantitative estimate of drug-likeness (QED) is 0.197. The Bertz CT molecular complexity index is 1770. The summed E-state index contributed by atoms with van der Waals surface area (Å²) < 4.78 is 43.8. The van der Waals surface area contributed by atoms with Gasteiger partial charge in [-0.25, -0.2) is 14.5 Å². The Hall–Kier alpha value is -4.87. The Morgan fingerprint density at radius 1 is 0.918 bits per heavy atom. The summed E-state index contributed by atoms with van der Waals surface area (Å²) in [5, 5.41) is 10.7. The van der Waals surface area contributed by atoms with Crippen LogP contribution in [0.25, 0.3) is 5.69 Å². The second-order valence-electron chi connectivity index (χ2n) is 14.1. The van der Waals surface area contributed by atoms with Gasteiger partial charge >= 0.3 is 12.2 Å². The SMILES string of the molecule is Cc1ccc(-n2nc(C(C)(C)C)cc2NC(=O)Nc2ccc(CC3CC4CCC(C3)N4C(=O)c3ccc(OCC(F)(F)F)nc3)cc2)cc1. The molecule has 2 aliphatic rings. The first-order valence-electron chi connectivity index (χ1n) is 16.5. The fourth-order valence-electron chi connectivity index (χ4n) is 6.74. The van der Waals surface area contributed by atoms with Gasteiger partial charge in [0.1, 0.15) is 5.82 Å². The molecule has 12 heteroatoms. The Labute approximate surface area is 283 Å². The van der Waals surface area contributed by atoms with E-state index < -0.39 is 12.8 Å². The number of amides is 3. The molecular formula is C37H41F3N6O3. The number of aromatic nitrogens is 3. The maximum Gasteiger partial charge on any atom is 0.422 e. The van der Waals surface area contributed by atoms with Gasteiger partial charge in [-0.1, -0.05) is 50.6 Å². The normalized spacial score (nSPS) is 19.1. The number of piperidine rings is 1. The fraction of sp³-hybridized carbons (Fsp3) is 0.405. The third-order valence-corrected chi connectivity index (χ3v) is 9.17. The molecule has 0 spiro atoms. The molecule has 2 aromatic carbocycles. The van der Waals surface area contributed by atoms with Crippen LogP contribution in [0.5, 0.6) is 5.88 Å². The molecule has 4 heterocycles. The van der Waals surface area contributed by atoms with Crippen molar-refractivity contribution in [1.29, 1.82) is 0 Å². The number of benzene rings is 2. The lowest BCUT2D eigenvalue weighted by Gasteiger charge is -2.39. The number of hydrogen-bond acceptors (Lipinski definition) is 5. The number of carbonyl (C=O) groups is 2. The topological polar surface area (TPSA) is 101 Å². The van der Waals surface area contributed by atoms with E-state index in [2.05, 4.69) is 41.1 Å². The summed E-state index contributed by atoms with van der Waals surface area (Å²) in [4.78, 5) is 32.3. The van der Waals surface area contributed by atoms with Gasteiger partial charge in [-0.2, -0.15) is 18.3 Å². The standard InChI is InChI=1S/C37H41F3N6O3/c1-23-5-12-28(13-6-23)46-32(20-31(44-46)36(2,3)4)43-35(48)42-27-10-7-24(8-11-27)17-25-18-29-14-15-30(19-25)45(29)34(47)26-9-16-33(41-21-26)49-22-37(38,39)40/h5-13,16,20-21,25,29-30H,14-15,17-19,22H2,1-4H3,(H2,42,43,48). The number of ether oxygens (including phenoxy) is 1. The molecule has 49 heavy (non-hydrogen) atoms. The molecule has 2 fully saturated rings. The van der Waals surface area contributed by atoms with E-state index in [0.717, 1.165) is 54.6 Å². The zero-order chi connectivity index (χ0) is 34.9. The average Bonchev–Trinajstić information content (AvgIpc) is 3.59. The molecule has 0 aliphatic carbocycles. The molecule has 2 aromatic heterocycles. The highest BCUT2D eigenvalue weighted by Gasteiger charge is 2.43. The maximum atomic E-state index is 13.4. The molecule has 9 nitrogen and oxygen atoms in total. The molecule has 0 saturated carbocycles. The molecule has 4 aromatic rings. The van der Waals surface area contributed by atoms with Crippen LogP contribution in [-0.4, -0.2) is 56.5 Å². The minimum absolute atomic E-state index is 0.106. The summed E-state index contributed by atoms with van der Waals surface area (Å²) in [5.74, 6) is 0.660. The predicted molar refractivity (Wildman–Crippen MR) is 181 cm³/mol. The first-order valence-corrected chi connectivity index (χ1v) is 16.5. The Morgan fingerprint density at radius 2 is 1.59 bits per heavy atom. The lowest BCUT2D eigenvalue weighted by Crippen LogP contribution is -2.46. The molecule has 2 bridgehead atoms.